The zero-order valence-electron chi connectivity index (χ0n) is 16.0. The van der Waals surface area contributed by atoms with E-state index in [0.717, 1.165) is 44.7 Å². The number of aromatic amines is 1. The first kappa shape index (κ1) is 17.5. The Labute approximate surface area is 157 Å². The van der Waals surface area contributed by atoms with Crippen LogP contribution in [0.1, 0.15) is 12.5 Å². The molecule has 3 N–H and O–H groups in total. The van der Waals surface area contributed by atoms with Crippen molar-refractivity contribution in [2.45, 2.75) is 19.7 Å². The maximum atomic E-state index is 9.72. The van der Waals surface area contributed by atoms with Gasteiger partial charge in [-0.05, 0) is 37.2 Å². The molecule has 4 aromatic rings. The van der Waals surface area contributed by atoms with Gasteiger partial charge in [-0.3, -0.25) is 4.90 Å². The summed E-state index contributed by atoms with van der Waals surface area (Å²) in [6.45, 7) is 2.45. The minimum atomic E-state index is -0.482. The van der Waals surface area contributed by atoms with E-state index in [9.17, 15) is 5.11 Å². The van der Waals surface area contributed by atoms with Gasteiger partial charge in [0.25, 0.3) is 0 Å². The van der Waals surface area contributed by atoms with Crippen molar-refractivity contribution in [2.24, 2.45) is 7.05 Å². The highest BCUT2D eigenvalue weighted by Gasteiger charge is 2.15. The number of imidazole rings is 1. The lowest BCUT2D eigenvalue weighted by molar-refractivity contribution is 0.0329. The lowest BCUT2D eigenvalue weighted by atomic mass is 10.1. The number of nitrogens with zero attached hydrogens (tertiary/aromatic N) is 4. The fourth-order valence-electron chi connectivity index (χ4n) is 3.39. The summed E-state index contributed by atoms with van der Waals surface area (Å²) in [6, 6.07) is 10.5. The van der Waals surface area contributed by atoms with Crippen LogP contribution in [0.5, 0.6) is 0 Å². The molecule has 1 unspecified atom stereocenters. The minimum Gasteiger partial charge on any atom is -0.379 e. The number of pyridine rings is 1. The summed E-state index contributed by atoms with van der Waals surface area (Å²) in [4.78, 5) is 14.5. The molecule has 0 saturated carbocycles. The van der Waals surface area contributed by atoms with Crippen molar-refractivity contribution in [1.29, 1.82) is 0 Å². The fraction of sp³-hybridized carbons (Fsp3) is 0.300. The van der Waals surface area contributed by atoms with E-state index in [1.807, 2.05) is 43.0 Å². The van der Waals surface area contributed by atoms with E-state index in [2.05, 4.69) is 39.6 Å². The number of anilines is 1. The van der Waals surface area contributed by atoms with Crippen LogP contribution in [0.2, 0.25) is 0 Å². The van der Waals surface area contributed by atoms with E-state index in [0.29, 0.717) is 6.54 Å². The van der Waals surface area contributed by atoms with Crippen LogP contribution < -0.4 is 5.32 Å². The zero-order chi connectivity index (χ0) is 19.1. The number of hydrogen-bond acceptors (Lipinski definition) is 5. The first-order valence-corrected chi connectivity index (χ1v) is 8.97. The topological polar surface area (TPSA) is 82.0 Å². The van der Waals surface area contributed by atoms with E-state index in [1.54, 1.807) is 6.92 Å². The van der Waals surface area contributed by atoms with Crippen LogP contribution in [0, 0.1) is 0 Å². The van der Waals surface area contributed by atoms with Crippen LogP contribution >= 0.6 is 0 Å². The maximum absolute atomic E-state index is 9.72. The van der Waals surface area contributed by atoms with Crippen LogP contribution in [0.25, 0.3) is 33.3 Å². The summed E-state index contributed by atoms with van der Waals surface area (Å²) < 4.78 is 2.02. The Morgan fingerprint density at radius 3 is 2.89 bits per heavy atom. The summed E-state index contributed by atoms with van der Waals surface area (Å²) in [6.07, 6.45) is 1.33. The monoisotopic (exact) mass is 364 g/mol. The highest BCUT2D eigenvalue weighted by Crippen LogP contribution is 2.31. The van der Waals surface area contributed by atoms with Crippen molar-refractivity contribution in [3.8, 4) is 11.3 Å². The molecule has 0 radical (unpaired) electrons. The Kier molecular flexibility index (Phi) is 4.33. The van der Waals surface area contributed by atoms with Gasteiger partial charge >= 0.3 is 0 Å². The first-order valence-electron chi connectivity index (χ1n) is 8.97. The number of aliphatic hydroxyl groups is 1. The van der Waals surface area contributed by atoms with Gasteiger partial charge in [-0.15, -0.1) is 0 Å². The summed E-state index contributed by atoms with van der Waals surface area (Å²) in [5, 5.41) is 13.9. The van der Waals surface area contributed by atoms with E-state index in [4.69, 9.17) is 4.98 Å². The molecule has 7 heteroatoms. The molecule has 0 aliphatic carbocycles. The molecule has 3 aromatic heterocycles. The number of aliphatic hydroxyl groups excluding tert-OH is 1. The predicted octanol–water partition coefficient (Wildman–Crippen LogP) is 2.93. The van der Waals surface area contributed by atoms with Gasteiger partial charge in [0.2, 0.25) is 0 Å². The van der Waals surface area contributed by atoms with Crippen molar-refractivity contribution in [3.63, 3.8) is 0 Å². The molecular weight excluding hydrogens is 340 g/mol. The molecule has 7 nitrogen and oxygen atoms in total. The lowest BCUT2D eigenvalue weighted by Crippen LogP contribution is -2.27. The van der Waals surface area contributed by atoms with Crippen molar-refractivity contribution in [3.05, 3.63) is 42.2 Å². The number of aromatic nitrogens is 4. The fourth-order valence-corrected chi connectivity index (χ4v) is 3.39. The number of H-pyrrole nitrogens is 1. The molecule has 4 rings (SSSR count). The smallest absolute Gasteiger partial charge is 0.156 e. The Balaban J connectivity index is 1.81. The molecule has 1 atom stereocenters. The Morgan fingerprint density at radius 1 is 1.33 bits per heavy atom. The second-order valence-electron chi connectivity index (χ2n) is 6.96. The predicted molar refractivity (Wildman–Crippen MR) is 108 cm³/mol. The molecule has 0 bridgehead atoms. The number of nitrogens with one attached hydrogen (secondary N) is 2. The molecule has 0 fully saturated rings. The van der Waals surface area contributed by atoms with Crippen LogP contribution in [0.3, 0.4) is 0 Å². The van der Waals surface area contributed by atoms with Gasteiger partial charge in [0.15, 0.2) is 5.82 Å². The highest BCUT2D eigenvalue weighted by atomic mass is 16.3. The van der Waals surface area contributed by atoms with Crippen LogP contribution in [-0.4, -0.2) is 49.8 Å². The second-order valence-corrected chi connectivity index (χ2v) is 6.96. The average molecular weight is 364 g/mol. The minimum absolute atomic E-state index is 0.482. The SMILES string of the molecule is CNc1nc2[nH]c(-c3cccc(CN(C)C(C)O)c3)cc2c2c1ncn2C. The third-order valence-electron chi connectivity index (χ3n) is 4.98. The molecule has 3 heterocycles. The van der Waals surface area contributed by atoms with Gasteiger partial charge < -0.3 is 20.0 Å². The molecule has 1 aromatic carbocycles. The van der Waals surface area contributed by atoms with Crippen LogP contribution in [0.4, 0.5) is 5.82 Å². The number of aryl methyl sites for hydroxylation is 1. The average Bonchev–Trinajstić information content (AvgIpc) is 3.24. The largest absolute Gasteiger partial charge is 0.379 e. The van der Waals surface area contributed by atoms with Crippen LogP contribution in [-0.2, 0) is 13.6 Å². The number of rotatable bonds is 5. The van der Waals surface area contributed by atoms with Crippen molar-refractivity contribution in [2.75, 3.05) is 19.4 Å². The number of hydrogen-bond donors (Lipinski definition) is 3. The van der Waals surface area contributed by atoms with Gasteiger partial charge in [0, 0.05) is 31.7 Å². The summed E-state index contributed by atoms with van der Waals surface area (Å²) >= 11 is 0. The molecule has 0 spiro atoms. The van der Waals surface area contributed by atoms with E-state index < -0.39 is 6.23 Å². The normalized spacial score (nSPS) is 13.0. The zero-order valence-corrected chi connectivity index (χ0v) is 16.0. The Hall–Kier alpha value is -2.90. The molecular formula is C20H24N6O. The Bertz CT molecular complexity index is 1110. The van der Waals surface area contributed by atoms with E-state index in [-0.39, 0.29) is 0 Å². The summed E-state index contributed by atoms with van der Waals surface area (Å²) in [5.41, 5.74) is 5.99. The van der Waals surface area contributed by atoms with E-state index >= 15 is 0 Å². The van der Waals surface area contributed by atoms with Gasteiger partial charge in [-0.1, -0.05) is 18.2 Å². The van der Waals surface area contributed by atoms with Crippen molar-refractivity contribution in [1.82, 2.24) is 24.4 Å². The Morgan fingerprint density at radius 2 is 2.15 bits per heavy atom. The number of fused-ring (bicyclic) bond motifs is 3. The molecule has 27 heavy (non-hydrogen) atoms. The standard InChI is InChI=1S/C20H24N6O/c1-12(27)25(3)10-13-6-5-7-14(8-13)16-9-15-18-17(22-11-26(18)4)20(21-2)24-19(15)23-16/h5-9,11-12,27H,10H2,1-4H3,(H2,21,23,24). The molecule has 0 aliphatic rings. The summed E-state index contributed by atoms with van der Waals surface area (Å²) in [5.74, 6) is 0.763. The third kappa shape index (κ3) is 3.05. The lowest BCUT2D eigenvalue weighted by Gasteiger charge is -2.20. The molecule has 140 valence electrons. The van der Waals surface area contributed by atoms with E-state index in [1.165, 1.54) is 0 Å². The maximum Gasteiger partial charge on any atom is 0.156 e. The van der Waals surface area contributed by atoms with Crippen molar-refractivity contribution >= 4 is 27.9 Å². The summed E-state index contributed by atoms with van der Waals surface area (Å²) in [7, 11) is 5.75. The van der Waals surface area contributed by atoms with Crippen molar-refractivity contribution < 1.29 is 5.11 Å². The van der Waals surface area contributed by atoms with Gasteiger partial charge in [-0.25, -0.2) is 9.97 Å². The number of benzene rings is 1. The molecule has 0 aliphatic heterocycles. The third-order valence-corrected chi connectivity index (χ3v) is 4.98. The van der Waals surface area contributed by atoms with Crippen LogP contribution in [0.15, 0.2) is 36.7 Å². The second kappa shape index (κ2) is 6.68. The quantitative estimate of drug-likeness (QED) is 0.474. The molecule has 0 amide bonds. The highest BCUT2D eigenvalue weighted by molar-refractivity contribution is 6.07. The first-order chi connectivity index (χ1) is 13.0. The van der Waals surface area contributed by atoms with Gasteiger partial charge in [0.1, 0.15) is 17.4 Å². The van der Waals surface area contributed by atoms with Gasteiger partial charge in [0.05, 0.1) is 11.8 Å². The molecule has 0 saturated heterocycles. The van der Waals surface area contributed by atoms with Gasteiger partial charge in [-0.2, -0.15) is 0 Å².